The first-order valence-electron chi connectivity index (χ1n) is 8.46. The summed E-state index contributed by atoms with van der Waals surface area (Å²) in [5, 5.41) is 1.95. The van der Waals surface area contributed by atoms with Crippen molar-refractivity contribution in [2.75, 3.05) is 7.11 Å². The van der Waals surface area contributed by atoms with Crippen molar-refractivity contribution in [2.24, 2.45) is 7.05 Å². The minimum absolute atomic E-state index is 0.127. The SMILES string of the molecule is C=C(OC)c1ccc(Cl)c(Cc2cc3c(C)cc(OC(F)F)cc3n2C)c1Cl. The van der Waals surface area contributed by atoms with Crippen molar-refractivity contribution in [3.05, 3.63) is 69.3 Å². The Labute approximate surface area is 172 Å². The predicted molar refractivity (Wildman–Crippen MR) is 110 cm³/mol. The molecule has 1 heterocycles. The number of fused-ring (bicyclic) bond motifs is 1. The fraction of sp³-hybridized carbons (Fsp3) is 0.238. The van der Waals surface area contributed by atoms with Crippen LogP contribution in [0.4, 0.5) is 8.78 Å². The number of benzene rings is 2. The molecule has 0 bridgehead atoms. The van der Waals surface area contributed by atoms with Crippen molar-refractivity contribution in [3.63, 3.8) is 0 Å². The average molecular weight is 426 g/mol. The summed E-state index contributed by atoms with van der Waals surface area (Å²) in [6, 6.07) is 8.72. The van der Waals surface area contributed by atoms with Gasteiger partial charge in [-0.2, -0.15) is 8.78 Å². The lowest BCUT2D eigenvalue weighted by Gasteiger charge is -2.13. The van der Waals surface area contributed by atoms with Crippen LogP contribution in [0.1, 0.15) is 22.4 Å². The second-order valence-electron chi connectivity index (χ2n) is 6.44. The fourth-order valence-corrected chi connectivity index (χ4v) is 3.85. The zero-order valence-corrected chi connectivity index (χ0v) is 17.2. The molecule has 0 saturated heterocycles. The highest BCUT2D eigenvalue weighted by atomic mass is 35.5. The number of aromatic nitrogens is 1. The van der Waals surface area contributed by atoms with Gasteiger partial charge in [-0.05, 0) is 42.3 Å². The van der Waals surface area contributed by atoms with Crippen molar-refractivity contribution in [3.8, 4) is 5.75 Å². The van der Waals surface area contributed by atoms with E-state index in [9.17, 15) is 8.78 Å². The van der Waals surface area contributed by atoms with Crippen LogP contribution in [-0.2, 0) is 18.2 Å². The van der Waals surface area contributed by atoms with E-state index in [1.807, 2.05) is 24.6 Å². The van der Waals surface area contributed by atoms with Crippen LogP contribution in [0.2, 0.25) is 10.0 Å². The third-order valence-electron chi connectivity index (χ3n) is 4.76. The number of ether oxygens (including phenoxy) is 2. The zero-order chi connectivity index (χ0) is 20.6. The summed E-state index contributed by atoms with van der Waals surface area (Å²) in [6.45, 7) is 2.83. The third-order valence-corrected chi connectivity index (χ3v) is 5.54. The van der Waals surface area contributed by atoms with E-state index in [2.05, 4.69) is 11.3 Å². The number of hydrogen-bond acceptors (Lipinski definition) is 2. The van der Waals surface area contributed by atoms with Crippen molar-refractivity contribution >= 4 is 39.9 Å². The molecule has 0 aliphatic carbocycles. The number of halogens is 4. The van der Waals surface area contributed by atoms with Gasteiger partial charge in [-0.25, -0.2) is 0 Å². The lowest BCUT2D eigenvalue weighted by atomic mass is 10.0. The van der Waals surface area contributed by atoms with E-state index in [1.165, 1.54) is 7.11 Å². The van der Waals surface area contributed by atoms with Crippen molar-refractivity contribution in [1.29, 1.82) is 0 Å². The van der Waals surface area contributed by atoms with Gasteiger partial charge >= 0.3 is 6.61 Å². The van der Waals surface area contributed by atoms with Crippen LogP contribution in [-0.4, -0.2) is 18.3 Å². The quantitative estimate of drug-likeness (QED) is 0.415. The van der Waals surface area contributed by atoms with E-state index in [1.54, 1.807) is 24.3 Å². The standard InChI is InChI=1S/C21H19Cl2F2NO2/c1-11-7-14(28-21(24)25)10-19-16(11)8-13(26(19)3)9-17-18(22)6-5-15(20(17)23)12(2)27-4/h5-8,10,21H,2,9H2,1,3-4H3. The number of methoxy groups -OCH3 is 1. The Kier molecular flexibility index (Phi) is 5.87. The molecule has 3 rings (SSSR count). The third kappa shape index (κ3) is 3.82. The van der Waals surface area contributed by atoms with Crippen LogP contribution in [0.25, 0.3) is 16.7 Å². The molecule has 0 saturated carbocycles. The molecule has 0 spiro atoms. The molecule has 0 amide bonds. The molecule has 0 fully saturated rings. The van der Waals surface area contributed by atoms with Gasteiger partial charge < -0.3 is 14.0 Å². The predicted octanol–water partition coefficient (Wildman–Crippen LogP) is 6.60. The molecule has 28 heavy (non-hydrogen) atoms. The first-order chi connectivity index (χ1) is 13.2. The van der Waals surface area contributed by atoms with Crippen LogP contribution in [0.3, 0.4) is 0 Å². The molecule has 3 nitrogen and oxygen atoms in total. The van der Waals surface area contributed by atoms with Crippen LogP contribution in [0.15, 0.2) is 36.9 Å². The molecule has 2 aromatic carbocycles. The van der Waals surface area contributed by atoms with E-state index in [-0.39, 0.29) is 5.75 Å². The highest BCUT2D eigenvalue weighted by Crippen LogP contribution is 2.35. The summed E-state index contributed by atoms with van der Waals surface area (Å²) in [7, 11) is 3.39. The maximum absolute atomic E-state index is 12.6. The van der Waals surface area contributed by atoms with Gasteiger partial charge in [-0.15, -0.1) is 0 Å². The summed E-state index contributed by atoms with van der Waals surface area (Å²) in [4.78, 5) is 0. The lowest BCUT2D eigenvalue weighted by Crippen LogP contribution is -2.03. The summed E-state index contributed by atoms with van der Waals surface area (Å²) in [5.74, 6) is 0.576. The topological polar surface area (TPSA) is 23.4 Å². The van der Waals surface area contributed by atoms with Crippen LogP contribution < -0.4 is 4.74 Å². The van der Waals surface area contributed by atoms with Crippen LogP contribution in [0.5, 0.6) is 5.75 Å². The summed E-state index contributed by atoms with van der Waals surface area (Å²) < 4.78 is 36.9. The van der Waals surface area contributed by atoms with E-state index in [0.29, 0.717) is 27.8 Å². The van der Waals surface area contributed by atoms with Crippen LogP contribution >= 0.6 is 23.2 Å². The first-order valence-corrected chi connectivity index (χ1v) is 9.22. The maximum atomic E-state index is 12.6. The minimum Gasteiger partial charge on any atom is -0.497 e. The molecule has 1 aromatic heterocycles. The Hall–Kier alpha value is -2.24. The summed E-state index contributed by atoms with van der Waals surface area (Å²) >= 11 is 13.0. The minimum atomic E-state index is -2.87. The highest BCUT2D eigenvalue weighted by molar-refractivity contribution is 6.37. The molecule has 0 aliphatic heterocycles. The Morgan fingerprint density at radius 3 is 2.57 bits per heavy atom. The molecule has 7 heteroatoms. The van der Waals surface area contributed by atoms with E-state index >= 15 is 0 Å². The van der Waals surface area contributed by atoms with Gasteiger partial charge in [-0.3, -0.25) is 0 Å². The molecule has 0 atom stereocenters. The fourth-order valence-electron chi connectivity index (χ4n) is 3.24. The normalized spacial score (nSPS) is 11.3. The zero-order valence-electron chi connectivity index (χ0n) is 15.7. The number of rotatable bonds is 6. The van der Waals surface area contributed by atoms with E-state index < -0.39 is 6.61 Å². The summed E-state index contributed by atoms with van der Waals surface area (Å²) in [6.07, 6.45) is 0.457. The highest BCUT2D eigenvalue weighted by Gasteiger charge is 2.17. The van der Waals surface area contributed by atoms with E-state index in [0.717, 1.165) is 27.7 Å². The largest absolute Gasteiger partial charge is 0.497 e. The Balaban J connectivity index is 2.07. The molecule has 0 unspecified atom stereocenters. The average Bonchev–Trinajstić information content (AvgIpc) is 2.94. The number of nitrogens with zero attached hydrogens (tertiary/aromatic N) is 1. The van der Waals surface area contributed by atoms with Gasteiger partial charge in [0.05, 0.1) is 17.6 Å². The second kappa shape index (κ2) is 8.02. The number of alkyl halides is 2. The first kappa shape index (κ1) is 20.5. The Morgan fingerprint density at radius 2 is 1.93 bits per heavy atom. The van der Waals surface area contributed by atoms with E-state index in [4.69, 9.17) is 27.9 Å². The molecule has 0 N–H and O–H groups in total. The molecule has 0 aliphatic rings. The van der Waals surface area contributed by atoms with Gasteiger partial charge in [0, 0.05) is 41.2 Å². The molecule has 0 radical (unpaired) electrons. The Bertz CT molecular complexity index is 1060. The second-order valence-corrected chi connectivity index (χ2v) is 7.22. The monoisotopic (exact) mass is 425 g/mol. The molecular formula is C21H19Cl2F2NO2. The van der Waals surface area contributed by atoms with Crippen molar-refractivity contribution < 1.29 is 18.3 Å². The number of hydrogen-bond donors (Lipinski definition) is 0. The van der Waals surface area contributed by atoms with Gasteiger partial charge in [0.2, 0.25) is 0 Å². The van der Waals surface area contributed by atoms with Gasteiger partial charge in [0.15, 0.2) is 0 Å². The van der Waals surface area contributed by atoms with Crippen LogP contribution in [0, 0.1) is 6.92 Å². The maximum Gasteiger partial charge on any atom is 0.387 e. The van der Waals surface area contributed by atoms with Crippen molar-refractivity contribution in [2.45, 2.75) is 20.0 Å². The lowest BCUT2D eigenvalue weighted by molar-refractivity contribution is -0.0497. The molecule has 3 aromatic rings. The molecular weight excluding hydrogens is 407 g/mol. The van der Waals surface area contributed by atoms with Gasteiger partial charge in [-0.1, -0.05) is 29.8 Å². The molecule has 148 valence electrons. The van der Waals surface area contributed by atoms with Crippen molar-refractivity contribution in [1.82, 2.24) is 4.57 Å². The number of aryl methyl sites for hydroxylation is 2. The Morgan fingerprint density at radius 1 is 1.21 bits per heavy atom. The van der Waals surface area contributed by atoms with Gasteiger partial charge in [0.1, 0.15) is 11.5 Å². The smallest absolute Gasteiger partial charge is 0.387 e. The summed E-state index contributed by atoms with van der Waals surface area (Å²) in [5.41, 5.74) is 3.97. The van der Waals surface area contributed by atoms with Gasteiger partial charge in [0.25, 0.3) is 0 Å².